The molecule has 0 aromatic heterocycles. The molecule has 0 radical (unpaired) electrons. The average molecular weight is 391 g/mol. The average Bonchev–Trinajstić information content (AvgIpc) is 2.77. The molecular weight excluding hydrogens is 360 g/mol. The highest BCUT2D eigenvalue weighted by atomic mass is 16.2. The quantitative estimate of drug-likeness (QED) is 0.799. The normalized spacial score (nSPS) is 15.0. The number of nitrogens with one attached hydrogen (secondary N) is 1. The standard InChI is InChI=1S/C25H30N2O2/c1-4-19-10-12-22(13-11-19)24(28)26-23(18(2)3)25(29)27-16-14-21(15-17-27)20-8-6-5-7-9-20/h5-14,18,23H,4,15-17H2,1-3H3,(H,26,28)/t23-/m0/s1. The fourth-order valence-corrected chi connectivity index (χ4v) is 3.61. The number of amides is 2. The Hall–Kier alpha value is -2.88. The van der Waals surface area contributed by atoms with Crippen LogP contribution in [0.15, 0.2) is 60.7 Å². The van der Waals surface area contributed by atoms with Crippen LogP contribution in [0.2, 0.25) is 0 Å². The summed E-state index contributed by atoms with van der Waals surface area (Å²) in [6.45, 7) is 7.27. The second-order valence-electron chi connectivity index (χ2n) is 7.88. The number of nitrogens with zero attached hydrogens (tertiary/aromatic N) is 1. The zero-order valence-corrected chi connectivity index (χ0v) is 17.5. The highest BCUT2D eigenvalue weighted by molar-refractivity contribution is 5.97. The van der Waals surface area contributed by atoms with Crippen molar-refractivity contribution in [2.75, 3.05) is 13.1 Å². The van der Waals surface area contributed by atoms with Crippen molar-refractivity contribution >= 4 is 17.4 Å². The third-order valence-corrected chi connectivity index (χ3v) is 5.51. The smallest absolute Gasteiger partial charge is 0.251 e. The van der Waals surface area contributed by atoms with Crippen LogP contribution in [0.4, 0.5) is 0 Å². The Morgan fingerprint density at radius 3 is 2.28 bits per heavy atom. The predicted octanol–water partition coefficient (Wildman–Crippen LogP) is 4.32. The Morgan fingerprint density at radius 1 is 1.03 bits per heavy atom. The Kier molecular flexibility index (Phi) is 6.86. The molecule has 0 aliphatic carbocycles. The molecule has 1 aliphatic heterocycles. The van der Waals surface area contributed by atoms with Crippen LogP contribution in [0, 0.1) is 5.92 Å². The number of rotatable bonds is 6. The van der Waals surface area contributed by atoms with Gasteiger partial charge in [0.1, 0.15) is 6.04 Å². The number of carbonyl (C=O) groups is 2. The molecule has 1 heterocycles. The van der Waals surface area contributed by atoms with E-state index in [-0.39, 0.29) is 17.7 Å². The molecule has 3 rings (SSSR count). The van der Waals surface area contributed by atoms with Gasteiger partial charge < -0.3 is 10.2 Å². The molecule has 1 N–H and O–H groups in total. The molecule has 1 atom stereocenters. The van der Waals surface area contributed by atoms with Crippen molar-refractivity contribution in [2.24, 2.45) is 5.92 Å². The van der Waals surface area contributed by atoms with Crippen LogP contribution >= 0.6 is 0 Å². The van der Waals surface area contributed by atoms with Gasteiger partial charge in [-0.15, -0.1) is 0 Å². The maximum absolute atomic E-state index is 13.1. The number of aryl methyl sites for hydroxylation is 1. The molecule has 2 aromatic rings. The Morgan fingerprint density at radius 2 is 1.72 bits per heavy atom. The van der Waals surface area contributed by atoms with Gasteiger partial charge in [-0.2, -0.15) is 0 Å². The molecule has 0 fully saturated rings. The van der Waals surface area contributed by atoms with Crippen LogP contribution in [0.1, 0.15) is 48.7 Å². The van der Waals surface area contributed by atoms with E-state index in [1.54, 1.807) is 0 Å². The fraction of sp³-hybridized carbons (Fsp3) is 0.360. The third kappa shape index (κ3) is 5.14. The van der Waals surface area contributed by atoms with Crippen LogP contribution in [0.5, 0.6) is 0 Å². The van der Waals surface area contributed by atoms with Crippen LogP contribution < -0.4 is 5.32 Å². The first-order valence-electron chi connectivity index (χ1n) is 10.4. The monoisotopic (exact) mass is 390 g/mol. The molecule has 1 aliphatic rings. The maximum atomic E-state index is 13.1. The van der Waals surface area contributed by atoms with Crippen LogP contribution in [0.3, 0.4) is 0 Å². The van der Waals surface area contributed by atoms with Gasteiger partial charge in [-0.25, -0.2) is 0 Å². The molecule has 4 heteroatoms. The van der Waals surface area contributed by atoms with E-state index >= 15 is 0 Å². The summed E-state index contributed by atoms with van der Waals surface area (Å²) in [5, 5.41) is 2.96. The van der Waals surface area contributed by atoms with Crippen molar-refractivity contribution < 1.29 is 9.59 Å². The van der Waals surface area contributed by atoms with Gasteiger partial charge >= 0.3 is 0 Å². The van der Waals surface area contributed by atoms with Crippen LogP contribution in [-0.4, -0.2) is 35.8 Å². The first kappa shape index (κ1) is 20.8. The van der Waals surface area contributed by atoms with Crippen LogP contribution in [0.25, 0.3) is 5.57 Å². The summed E-state index contributed by atoms with van der Waals surface area (Å²) in [6, 6.07) is 17.3. The number of benzene rings is 2. The predicted molar refractivity (Wildman–Crippen MR) is 118 cm³/mol. The first-order valence-corrected chi connectivity index (χ1v) is 10.4. The number of hydrogen-bond donors (Lipinski definition) is 1. The zero-order chi connectivity index (χ0) is 20.8. The molecule has 0 saturated carbocycles. The number of carbonyl (C=O) groups excluding carboxylic acids is 2. The van der Waals surface area contributed by atoms with E-state index < -0.39 is 6.04 Å². The summed E-state index contributed by atoms with van der Waals surface area (Å²) in [5.41, 5.74) is 4.26. The molecule has 152 valence electrons. The highest BCUT2D eigenvalue weighted by Gasteiger charge is 2.29. The SMILES string of the molecule is CCc1ccc(C(=O)N[C@H](C(=O)N2CC=C(c3ccccc3)CC2)C(C)C)cc1. The van der Waals surface area contributed by atoms with E-state index in [0.29, 0.717) is 18.7 Å². The zero-order valence-electron chi connectivity index (χ0n) is 17.5. The minimum absolute atomic E-state index is 0.0121. The van der Waals surface area contributed by atoms with E-state index in [9.17, 15) is 9.59 Å². The van der Waals surface area contributed by atoms with Crippen molar-refractivity contribution in [3.8, 4) is 0 Å². The van der Waals surface area contributed by atoms with Gasteiger partial charge in [-0.3, -0.25) is 9.59 Å². The van der Waals surface area contributed by atoms with E-state index in [1.165, 1.54) is 16.7 Å². The van der Waals surface area contributed by atoms with Crippen molar-refractivity contribution in [3.05, 3.63) is 77.4 Å². The second kappa shape index (κ2) is 9.55. The van der Waals surface area contributed by atoms with Gasteiger partial charge in [0.25, 0.3) is 5.91 Å². The molecule has 4 nitrogen and oxygen atoms in total. The molecular formula is C25H30N2O2. The summed E-state index contributed by atoms with van der Waals surface area (Å²) < 4.78 is 0. The van der Waals surface area contributed by atoms with E-state index in [0.717, 1.165) is 12.8 Å². The summed E-state index contributed by atoms with van der Waals surface area (Å²) in [7, 11) is 0. The first-order chi connectivity index (χ1) is 14.0. The lowest BCUT2D eigenvalue weighted by Gasteiger charge is -2.32. The Balaban J connectivity index is 1.66. The topological polar surface area (TPSA) is 49.4 Å². The van der Waals surface area contributed by atoms with Crippen molar-refractivity contribution in [1.29, 1.82) is 0 Å². The minimum Gasteiger partial charge on any atom is -0.340 e. The fourth-order valence-electron chi connectivity index (χ4n) is 3.61. The molecule has 0 spiro atoms. The third-order valence-electron chi connectivity index (χ3n) is 5.51. The van der Waals surface area contributed by atoms with Gasteiger partial charge in [0.2, 0.25) is 5.91 Å². The second-order valence-corrected chi connectivity index (χ2v) is 7.88. The largest absolute Gasteiger partial charge is 0.340 e. The maximum Gasteiger partial charge on any atom is 0.251 e. The van der Waals surface area contributed by atoms with Crippen molar-refractivity contribution in [1.82, 2.24) is 10.2 Å². The summed E-state index contributed by atoms with van der Waals surface area (Å²) >= 11 is 0. The lowest BCUT2D eigenvalue weighted by Crippen LogP contribution is -2.52. The Labute approximate surface area is 173 Å². The Bertz CT molecular complexity index is 869. The van der Waals surface area contributed by atoms with Gasteiger partial charge in [-0.05, 0) is 47.6 Å². The summed E-state index contributed by atoms with van der Waals surface area (Å²) in [4.78, 5) is 27.7. The molecule has 0 saturated heterocycles. The lowest BCUT2D eigenvalue weighted by atomic mass is 9.97. The minimum atomic E-state index is -0.528. The van der Waals surface area contributed by atoms with E-state index in [4.69, 9.17) is 0 Å². The summed E-state index contributed by atoms with van der Waals surface area (Å²) in [6.07, 6.45) is 3.88. The van der Waals surface area contributed by atoms with Gasteiger partial charge in [0, 0.05) is 18.7 Å². The molecule has 2 amide bonds. The molecule has 2 aromatic carbocycles. The molecule has 0 unspecified atom stereocenters. The molecule has 0 bridgehead atoms. The summed E-state index contributed by atoms with van der Waals surface area (Å²) in [5.74, 6) is -0.194. The van der Waals surface area contributed by atoms with Gasteiger partial charge in [0.05, 0.1) is 0 Å². The van der Waals surface area contributed by atoms with Crippen molar-refractivity contribution in [2.45, 2.75) is 39.7 Å². The number of hydrogen-bond acceptors (Lipinski definition) is 2. The van der Waals surface area contributed by atoms with Crippen molar-refractivity contribution in [3.63, 3.8) is 0 Å². The lowest BCUT2D eigenvalue weighted by molar-refractivity contribution is -0.133. The van der Waals surface area contributed by atoms with Gasteiger partial charge in [0.15, 0.2) is 0 Å². The van der Waals surface area contributed by atoms with Crippen LogP contribution in [-0.2, 0) is 11.2 Å². The molecule has 29 heavy (non-hydrogen) atoms. The van der Waals surface area contributed by atoms with Gasteiger partial charge in [-0.1, -0.05) is 69.3 Å². The van der Waals surface area contributed by atoms with E-state index in [1.807, 2.05) is 61.2 Å². The van der Waals surface area contributed by atoms with E-state index in [2.05, 4.69) is 30.4 Å². The highest BCUT2D eigenvalue weighted by Crippen LogP contribution is 2.23.